The van der Waals surface area contributed by atoms with Gasteiger partial charge in [-0.25, -0.2) is 0 Å². The summed E-state index contributed by atoms with van der Waals surface area (Å²) in [6.45, 7) is 4.84. The molecule has 0 saturated carbocycles. The first-order valence-electron chi connectivity index (χ1n) is 28.4. The van der Waals surface area contributed by atoms with Crippen molar-refractivity contribution in [3.8, 4) is 0 Å². The van der Waals surface area contributed by atoms with Crippen LogP contribution in [0, 0.1) is 0 Å². The van der Waals surface area contributed by atoms with E-state index in [2.05, 4.69) is 55.6 Å². The minimum absolute atomic E-state index is 0.0179. The molecule has 0 fully saturated rings. The molecule has 0 heterocycles. The second kappa shape index (κ2) is 54.4. The van der Waals surface area contributed by atoms with Gasteiger partial charge in [-0.05, 0) is 83.5 Å². The van der Waals surface area contributed by atoms with Gasteiger partial charge in [0.2, 0.25) is 5.91 Å². The highest BCUT2D eigenvalue weighted by molar-refractivity contribution is 5.76. The zero-order valence-electron chi connectivity index (χ0n) is 43.2. The Bertz CT molecular complexity index is 1100. The van der Waals surface area contributed by atoms with Crippen molar-refractivity contribution in [2.45, 2.75) is 302 Å². The van der Waals surface area contributed by atoms with E-state index in [1.807, 2.05) is 6.08 Å². The smallest absolute Gasteiger partial charge is 0.305 e. The maximum atomic E-state index is 12.5. The van der Waals surface area contributed by atoms with Crippen molar-refractivity contribution < 1.29 is 24.5 Å². The van der Waals surface area contributed by atoms with Crippen molar-refractivity contribution in [3.63, 3.8) is 0 Å². The number of carbonyl (C=O) groups is 2. The molecule has 380 valence electrons. The Morgan fingerprint density at radius 3 is 1.23 bits per heavy atom. The molecule has 6 nitrogen and oxygen atoms in total. The van der Waals surface area contributed by atoms with Gasteiger partial charge >= 0.3 is 5.97 Å². The minimum atomic E-state index is -0.854. The highest BCUT2D eigenvalue weighted by Gasteiger charge is 2.18. The first-order valence-corrected chi connectivity index (χ1v) is 28.4. The van der Waals surface area contributed by atoms with Crippen molar-refractivity contribution in [1.29, 1.82) is 0 Å². The Morgan fingerprint density at radius 1 is 0.431 bits per heavy atom. The Labute approximate surface area is 404 Å². The normalized spacial score (nSPS) is 13.0. The summed E-state index contributed by atoms with van der Waals surface area (Å²) < 4.78 is 5.45. The van der Waals surface area contributed by atoms with Crippen LogP contribution < -0.4 is 5.32 Å². The third-order valence-corrected chi connectivity index (χ3v) is 12.8. The predicted molar refractivity (Wildman–Crippen MR) is 282 cm³/mol. The van der Waals surface area contributed by atoms with Gasteiger partial charge in [-0.3, -0.25) is 9.59 Å². The largest absolute Gasteiger partial charge is 0.466 e. The molecular weight excluding hydrogens is 803 g/mol. The quantitative estimate of drug-likeness (QED) is 0.0321. The zero-order valence-corrected chi connectivity index (χ0v) is 43.2. The molecule has 0 aliphatic carbocycles. The first kappa shape index (κ1) is 62.8. The number of amides is 1. The van der Waals surface area contributed by atoms with Crippen molar-refractivity contribution in [2.75, 3.05) is 13.2 Å². The fourth-order valence-electron chi connectivity index (χ4n) is 8.41. The van der Waals surface area contributed by atoms with Crippen molar-refractivity contribution >= 4 is 11.9 Å². The third kappa shape index (κ3) is 51.1. The molecular formula is C59H109NO5. The fourth-order valence-corrected chi connectivity index (χ4v) is 8.41. The number of ether oxygens (including phenoxy) is 1. The zero-order chi connectivity index (χ0) is 47.2. The molecule has 1 amide bonds. The van der Waals surface area contributed by atoms with Crippen LogP contribution >= 0.6 is 0 Å². The van der Waals surface area contributed by atoms with Crippen LogP contribution in [0.5, 0.6) is 0 Å². The van der Waals surface area contributed by atoms with Crippen LogP contribution in [0.2, 0.25) is 0 Å². The number of hydrogen-bond donors (Lipinski definition) is 3. The predicted octanol–water partition coefficient (Wildman–Crippen LogP) is 17.4. The summed E-state index contributed by atoms with van der Waals surface area (Å²) in [5.41, 5.74) is 0. The van der Waals surface area contributed by atoms with Crippen LogP contribution in [0.15, 0.2) is 48.6 Å². The Balaban J connectivity index is 3.51. The molecule has 2 unspecified atom stereocenters. The summed E-state index contributed by atoms with van der Waals surface area (Å²) in [5, 5.41) is 23.1. The van der Waals surface area contributed by atoms with E-state index in [-0.39, 0.29) is 18.5 Å². The van der Waals surface area contributed by atoms with Crippen LogP contribution in [0.3, 0.4) is 0 Å². The second-order valence-electron chi connectivity index (χ2n) is 19.3. The second-order valence-corrected chi connectivity index (χ2v) is 19.3. The summed E-state index contributed by atoms with van der Waals surface area (Å²) in [6.07, 6.45) is 68.3. The SMILES string of the molecule is CCCC/C=C\C/C=C\CCCCCCCC(=O)OCCCCCCCC/C=C\CCCCCCCCCC(=O)NC(CO)C(O)/C=C/CCCCCCCCCCCCCCCCC. The standard InChI is InChI=1S/C59H109NO5/c1-3-5-7-9-11-13-15-17-19-21-24-27-31-35-39-43-47-51-57(62)56(55-61)60-58(63)52-48-44-40-36-32-28-25-22-20-23-26-30-34-38-42-46-50-54-65-59(64)53-49-45-41-37-33-29-18-16-14-12-10-8-6-4-2/h10,12,16,18,20,23,47,51,56-57,61-62H,3-9,11,13-15,17,19,21-22,24-46,48-50,52-55H2,1-2H3,(H,60,63)/b12-10-,18-16-,23-20-,51-47+. The number of aliphatic hydroxyl groups excluding tert-OH is 2. The number of carbonyl (C=O) groups excluding carboxylic acids is 2. The number of unbranched alkanes of at least 4 members (excludes halogenated alkanes) is 35. The Kier molecular flexibility index (Phi) is 52.6. The van der Waals surface area contributed by atoms with Gasteiger partial charge in [0.1, 0.15) is 0 Å². The summed E-state index contributed by atoms with van der Waals surface area (Å²) in [6, 6.07) is -0.638. The number of allylic oxidation sites excluding steroid dienone is 7. The lowest BCUT2D eigenvalue weighted by Gasteiger charge is -2.20. The monoisotopic (exact) mass is 912 g/mol. The summed E-state index contributed by atoms with van der Waals surface area (Å²) in [7, 11) is 0. The van der Waals surface area contributed by atoms with E-state index in [1.165, 1.54) is 199 Å². The molecule has 0 aromatic heterocycles. The maximum absolute atomic E-state index is 12.5. The number of nitrogens with one attached hydrogen (secondary N) is 1. The number of aliphatic hydroxyl groups is 2. The third-order valence-electron chi connectivity index (χ3n) is 12.8. The van der Waals surface area contributed by atoms with Crippen LogP contribution in [0.25, 0.3) is 0 Å². The molecule has 0 aromatic rings. The van der Waals surface area contributed by atoms with E-state index in [0.29, 0.717) is 19.4 Å². The molecule has 0 aromatic carbocycles. The van der Waals surface area contributed by atoms with Gasteiger partial charge in [-0.1, -0.05) is 242 Å². The maximum Gasteiger partial charge on any atom is 0.305 e. The van der Waals surface area contributed by atoms with E-state index >= 15 is 0 Å². The van der Waals surface area contributed by atoms with E-state index in [0.717, 1.165) is 64.2 Å². The van der Waals surface area contributed by atoms with Gasteiger partial charge in [0.15, 0.2) is 0 Å². The van der Waals surface area contributed by atoms with Crippen molar-refractivity contribution in [1.82, 2.24) is 5.32 Å². The fraction of sp³-hybridized carbons (Fsp3) is 0.831. The van der Waals surface area contributed by atoms with Crippen molar-refractivity contribution in [3.05, 3.63) is 48.6 Å². The molecule has 0 aliphatic heterocycles. The van der Waals surface area contributed by atoms with Gasteiger partial charge in [0.05, 0.1) is 25.4 Å². The molecule has 65 heavy (non-hydrogen) atoms. The Morgan fingerprint density at radius 2 is 0.785 bits per heavy atom. The average molecular weight is 913 g/mol. The lowest BCUT2D eigenvalue weighted by molar-refractivity contribution is -0.143. The van der Waals surface area contributed by atoms with E-state index < -0.39 is 12.1 Å². The lowest BCUT2D eigenvalue weighted by Crippen LogP contribution is -2.45. The highest BCUT2D eigenvalue weighted by atomic mass is 16.5. The summed E-state index contributed by atoms with van der Waals surface area (Å²) in [5.74, 6) is -0.0980. The summed E-state index contributed by atoms with van der Waals surface area (Å²) >= 11 is 0. The first-order chi connectivity index (χ1) is 32.0. The van der Waals surface area contributed by atoms with Gasteiger partial charge in [-0.2, -0.15) is 0 Å². The molecule has 0 bridgehead atoms. The van der Waals surface area contributed by atoms with Crippen LogP contribution in [0.1, 0.15) is 290 Å². The molecule has 0 aliphatic rings. The molecule has 0 spiro atoms. The van der Waals surface area contributed by atoms with Gasteiger partial charge in [-0.15, -0.1) is 0 Å². The molecule has 0 saturated heterocycles. The average Bonchev–Trinajstić information content (AvgIpc) is 3.31. The molecule has 0 rings (SSSR count). The van der Waals surface area contributed by atoms with Crippen LogP contribution in [-0.4, -0.2) is 47.4 Å². The van der Waals surface area contributed by atoms with Gasteiger partial charge in [0.25, 0.3) is 0 Å². The lowest BCUT2D eigenvalue weighted by atomic mass is 10.0. The Hall–Kier alpha value is -2.18. The van der Waals surface area contributed by atoms with Crippen LogP contribution in [-0.2, 0) is 14.3 Å². The number of rotatable bonds is 52. The molecule has 2 atom stereocenters. The highest BCUT2D eigenvalue weighted by Crippen LogP contribution is 2.16. The van der Waals surface area contributed by atoms with E-state index in [9.17, 15) is 19.8 Å². The van der Waals surface area contributed by atoms with E-state index in [1.54, 1.807) is 6.08 Å². The van der Waals surface area contributed by atoms with Crippen molar-refractivity contribution in [2.24, 2.45) is 0 Å². The minimum Gasteiger partial charge on any atom is -0.466 e. The topological polar surface area (TPSA) is 95.9 Å². The summed E-state index contributed by atoms with van der Waals surface area (Å²) in [4.78, 5) is 24.5. The van der Waals surface area contributed by atoms with Crippen LogP contribution in [0.4, 0.5) is 0 Å². The molecule has 0 radical (unpaired) electrons. The molecule has 6 heteroatoms. The van der Waals surface area contributed by atoms with Gasteiger partial charge < -0.3 is 20.3 Å². The molecule has 3 N–H and O–H groups in total. The van der Waals surface area contributed by atoms with E-state index in [4.69, 9.17) is 4.74 Å². The van der Waals surface area contributed by atoms with Gasteiger partial charge in [0, 0.05) is 12.8 Å². The number of esters is 1. The number of hydrogen-bond acceptors (Lipinski definition) is 5.